The molecule has 2 heterocycles. The third kappa shape index (κ3) is 5.14. The number of H-pyrrole nitrogens is 1. The highest BCUT2D eigenvalue weighted by molar-refractivity contribution is 5.69. The van der Waals surface area contributed by atoms with E-state index in [9.17, 15) is 0 Å². The van der Waals surface area contributed by atoms with Crippen molar-refractivity contribution < 1.29 is 14.2 Å². The van der Waals surface area contributed by atoms with Crippen LogP contribution < -0.4 is 15.0 Å². The lowest BCUT2D eigenvalue weighted by molar-refractivity contribution is -0.0393. The summed E-state index contributed by atoms with van der Waals surface area (Å²) in [6, 6.07) is 16.1. The first-order valence-corrected chi connectivity index (χ1v) is 12.4. The average Bonchev–Trinajstić information content (AvgIpc) is 3.57. The molecule has 5 rings (SSSR count). The summed E-state index contributed by atoms with van der Waals surface area (Å²) < 4.78 is 20.0. The summed E-state index contributed by atoms with van der Waals surface area (Å²) in [7, 11) is 1.67. The molecule has 0 amide bonds. The zero-order valence-electron chi connectivity index (χ0n) is 21.1. The summed E-state index contributed by atoms with van der Waals surface area (Å²) in [5, 5.41) is 8.33. The van der Waals surface area contributed by atoms with Gasteiger partial charge in [-0.05, 0) is 62.8 Å². The minimum atomic E-state index is -0.679. The van der Waals surface area contributed by atoms with Crippen LogP contribution in [0.25, 0.3) is 11.2 Å². The number of methoxy groups -OCH3 is 1. The van der Waals surface area contributed by atoms with Crippen LogP contribution in [0.3, 0.4) is 0 Å². The largest absolute Gasteiger partial charge is 0.493 e. The molecular weight excluding hydrogens is 454 g/mol. The highest BCUT2D eigenvalue weighted by Crippen LogP contribution is 2.33. The van der Waals surface area contributed by atoms with E-state index in [0.717, 1.165) is 35.5 Å². The second kappa shape index (κ2) is 10.1. The Bertz CT molecular complexity index is 1390. The monoisotopic (exact) mass is 487 g/mol. The number of benzene rings is 2. The maximum atomic E-state index is 8.33. The molecule has 8 nitrogen and oxygen atoms in total. The van der Waals surface area contributed by atoms with E-state index in [0.29, 0.717) is 30.1 Å². The molecule has 0 saturated heterocycles. The summed E-state index contributed by atoms with van der Waals surface area (Å²) >= 11 is 0. The van der Waals surface area contributed by atoms with Gasteiger partial charge < -0.3 is 23.8 Å². The van der Waals surface area contributed by atoms with Gasteiger partial charge in [0, 0.05) is 0 Å². The zero-order chi connectivity index (χ0) is 25.1. The third-order valence-electron chi connectivity index (χ3n) is 6.71. The van der Waals surface area contributed by atoms with E-state index >= 15 is 0 Å². The Kier molecular flexibility index (Phi) is 6.78. The van der Waals surface area contributed by atoms with Gasteiger partial charge in [0.1, 0.15) is 16.9 Å². The maximum absolute atomic E-state index is 8.33. The van der Waals surface area contributed by atoms with Crippen LogP contribution in [0.5, 0.6) is 11.5 Å². The number of hydrogen-bond donors (Lipinski definition) is 2. The molecular formula is C28H33N5O3. The van der Waals surface area contributed by atoms with Crippen LogP contribution >= 0.6 is 0 Å². The predicted octanol–water partition coefficient (Wildman–Crippen LogP) is 5.07. The smallest absolute Gasteiger partial charge is 0.173 e. The fourth-order valence-corrected chi connectivity index (χ4v) is 4.58. The van der Waals surface area contributed by atoms with E-state index in [4.69, 9.17) is 24.6 Å². The van der Waals surface area contributed by atoms with E-state index in [1.54, 1.807) is 13.4 Å². The van der Waals surface area contributed by atoms with Crippen LogP contribution in [0, 0.1) is 5.41 Å². The van der Waals surface area contributed by atoms with Gasteiger partial charge in [0.15, 0.2) is 22.6 Å². The Morgan fingerprint density at radius 3 is 2.58 bits per heavy atom. The summed E-state index contributed by atoms with van der Waals surface area (Å²) in [6.45, 7) is 4.95. The fraction of sp³-hybridized carbons (Fsp3) is 0.393. The van der Waals surface area contributed by atoms with Crippen molar-refractivity contribution >= 4 is 11.2 Å². The van der Waals surface area contributed by atoms with E-state index in [2.05, 4.69) is 9.97 Å². The molecule has 2 aromatic carbocycles. The van der Waals surface area contributed by atoms with Crippen LogP contribution in [-0.4, -0.2) is 32.7 Å². The van der Waals surface area contributed by atoms with Crippen LogP contribution in [0.15, 0.2) is 54.9 Å². The van der Waals surface area contributed by atoms with Crippen molar-refractivity contribution in [3.63, 3.8) is 0 Å². The van der Waals surface area contributed by atoms with Crippen molar-refractivity contribution in [2.24, 2.45) is 0 Å². The van der Waals surface area contributed by atoms with E-state index < -0.39 is 5.60 Å². The quantitative estimate of drug-likeness (QED) is 0.344. The molecule has 2 aromatic heterocycles. The lowest BCUT2D eigenvalue weighted by Gasteiger charge is -2.23. The first kappa shape index (κ1) is 24.1. The van der Waals surface area contributed by atoms with Crippen molar-refractivity contribution in [1.82, 2.24) is 19.5 Å². The number of fused-ring (bicyclic) bond motifs is 1. The molecule has 36 heavy (non-hydrogen) atoms. The minimum absolute atomic E-state index is 0.152. The number of imidazole rings is 1. The highest BCUT2D eigenvalue weighted by Gasteiger charge is 2.27. The predicted molar refractivity (Wildman–Crippen MR) is 137 cm³/mol. The molecule has 0 spiro atoms. The Morgan fingerprint density at radius 2 is 1.83 bits per heavy atom. The molecule has 0 bridgehead atoms. The first-order chi connectivity index (χ1) is 17.4. The Hall–Kier alpha value is -3.65. The van der Waals surface area contributed by atoms with Gasteiger partial charge >= 0.3 is 0 Å². The summed E-state index contributed by atoms with van der Waals surface area (Å²) in [5.74, 6) is 2.16. The van der Waals surface area contributed by atoms with Gasteiger partial charge in [-0.2, -0.15) is 0 Å². The van der Waals surface area contributed by atoms with Gasteiger partial charge in [-0.1, -0.05) is 36.4 Å². The van der Waals surface area contributed by atoms with Gasteiger partial charge in [-0.3, -0.25) is 5.41 Å². The normalized spacial score (nSPS) is 14.4. The summed E-state index contributed by atoms with van der Waals surface area (Å²) in [6.07, 6.45) is 6.47. The molecule has 0 unspecified atom stereocenters. The van der Waals surface area contributed by atoms with Crippen LogP contribution in [0.1, 0.15) is 56.5 Å². The van der Waals surface area contributed by atoms with Gasteiger partial charge in [-0.15, -0.1) is 0 Å². The van der Waals surface area contributed by atoms with Crippen molar-refractivity contribution in [2.75, 3.05) is 7.11 Å². The zero-order valence-corrected chi connectivity index (χ0v) is 21.1. The van der Waals surface area contributed by atoms with Crippen molar-refractivity contribution in [2.45, 2.75) is 64.4 Å². The first-order valence-electron chi connectivity index (χ1n) is 12.4. The summed E-state index contributed by atoms with van der Waals surface area (Å²) in [5.41, 5.74) is 2.85. The number of aromatic amines is 1. The lowest BCUT2D eigenvalue weighted by Crippen LogP contribution is -2.23. The number of hydrogen-bond acceptors (Lipinski definition) is 6. The van der Waals surface area contributed by atoms with Gasteiger partial charge in [0.25, 0.3) is 0 Å². The Morgan fingerprint density at radius 1 is 1.06 bits per heavy atom. The second-order valence-corrected chi connectivity index (χ2v) is 9.80. The SMILES string of the molecule is COc1ccc(Cn2cnc(=N)c3[nH]c(C(C)(C)OCc4ccccc4)nc32)cc1OC1CCCC1. The third-order valence-corrected chi connectivity index (χ3v) is 6.71. The number of rotatable bonds is 9. The molecule has 8 heteroatoms. The second-order valence-electron chi connectivity index (χ2n) is 9.80. The molecule has 1 aliphatic carbocycles. The average molecular weight is 488 g/mol. The van der Waals surface area contributed by atoms with Crippen LogP contribution in [0.4, 0.5) is 0 Å². The molecule has 0 aliphatic heterocycles. The highest BCUT2D eigenvalue weighted by atomic mass is 16.5. The molecule has 2 N–H and O–H groups in total. The molecule has 4 aromatic rings. The summed E-state index contributed by atoms with van der Waals surface area (Å²) in [4.78, 5) is 12.4. The number of nitrogens with zero attached hydrogens (tertiary/aromatic N) is 3. The van der Waals surface area contributed by atoms with E-state index in [1.807, 2.05) is 66.9 Å². The van der Waals surface area contributed by atoms with Gasteiger partial charge in [-0.25, -0.2) is 9.97 Å². The molecule has 0 atom stereocenters. The van der Waals surface area contributed by atoms with E-state index in [-0.39, 0.29) is 11.6 Å². The topological polar surface area (TPSA) is 98.0 Å². The maximum Gasteiger partial charge on any atom is 0.173 e. The van der Waals surface area contributed by atoms with E-state index in [1.165, 1.54) is 12.8 Å². The van der Waals surface area contributed by atoms with Crippen LogP contribution in [-0.2, 0) is 23.5 Å². The van der Waals surface area contributed by atoms with Crippen molar-refractivity contribution in [1.29, 1.82) is 5.41 Å². The van der Waals surface area contributed by atoms with Gasteiger partial charge in [0.2, 0.25) is 0 Å². The number of ether oxygens (including phenoxy) is 3. The van der Waals surface area contributed by atoms with Crippen LogP contribution in [0.2, 0.25) is 0 Å². The standard InChI is InChI=1S/C28H33N5O3/c1-28(2,35-17-19-9-5-4-6-10-19)27-31-24-25(29)30-18-33(26(24)32-27)16-20-13-14-22(34-3)23(15-20)36-21-11-7-8-12-21/h4-6,9-10,13-15,18,21,29H,7-8,11-12,16-17H2,1-3H3,(H,31,32). The minimum Gasteiger partial charge on any atom is -0.493 e. The molecule has 1 saturated carbocycles. The molecule has 0 radical (unpaired) electrons. The number of aromatic nitrogens is 4. The van der Waals surface area contributed by atoms with Crippen molar-refractivity contribution in [3.05, 3.63) is 77.3 Å². The van der Waals surface area contributed by atoms with Crippen molar-refractivity contribution in [3.8, 4) is 11.5 Å². The number of nitrogens with one attached hydrogen (secondary N) is 2. The molecule has 1 fully saturated rings. The Labute approximate surface area is 210 Å². The van der Waals surface area contributed by atoms with Gasteiger partial charge in [0.05, 0.1) is 32.7 Å². The molecule has 1 aliphatic rings. The fourth-order valence-electron chi connectivity index (χ4n) is 4.58. The Balaban J connectivity index is 1.41. The lowest BCUT2D eigenvalue weighted by atomic mass is 10.1. The molecule has 188 valence electrons.